The summed E-state index contributed by atoms with van der Waals surface area (Å²) in [4.78, 5) is 28.7. The maximum Gasteiger partial charge on any atom is 0.261 e. The van der Waals surface area contributed by atoms with Crippen LogP contribution < -0.4 is 10.1 Å². The predicted molar refractivity (Wildman–Crippen MR) is 148 cm³/mol. The molecule has 0 heterocycles. The van der Waals surface area contributed by atoms with Crippen LogP contribution in [0.4, 0.5) is 0 Å². The summed E-state index contributed by atoms with van der Waals surface area (Å²) < 4.78 is 6.61. The van der Waals surface area contributed by atoms with E-state index in [9.17, 15) is 9.59 Å². The van der Waals surface area contributed by atoms with Gasteiger partial charge in [0.2, 0.25) is 5.91 Å². The van der Waals surface area contributed by atoms with Crippen molar-refractivity contribution >= 4 is 39.3 Å². The molecule has 0 bridgehead atoms. The van der Waals surface area contributed by atoms with Gasteiger partial charge in [-0.25, -0.2) is 0 Å². The second-order valence-electron chi connectivity index (χ2n) is 8.89. The minimum Gasteiger partial charge on any atom is -0.482 e. The number of amides is 2. The third-order valence-electron chi connectivity index (χ3n) is 5.99. The number of benzene rings is 3. The molecule has 1 N–H and O–H groups in total. The fourth-order valence-corrected chi connectivity index (χ4v) is 4.43. The van der Waals surface area contributed by atoms with E-state index in [4.69, 9.17) is 16.3 Å². The molecule has 2 amide bonds. The first-order chi connectivity index (χ1) is 17.3. The molecule has 3 aromatic rings. The Kier molecular flexibility index (Phi) is 10.4. The molecule has 0 aromatic heterocycles. The number of carbonyl (C=O) groups is 2. The number of carbonyl (C=O) groups excluding carboxylic acids is 2. The summed E-state index contributed by atoms with van der Waals surface area (Å²) in [5.74, 6) is -0.0719. The standard InChI is InChI=1S/C29H32BrClN2O3/c1-4-21(3)32-29(35)26(16-22-8-6-5-7-9-22)33(18-23-12-10-20(2)11-13-23)28(34)19-36-27-15-14-24(30)17-25(27)31/h5-15,17,21,26H,4,16,18-19H2,1-3H3,(H,32,35)/t21-,26+/m0/s1. The Labute approximate surface area is 226 Å². The summed E-state index contributed by atoms with van der Waals surface area (Å²) >= 11 is 9.66. The van der Waals surface area contributed by atoms with Crippen LogP contribution in [0.2, 0.25) is 5.02 Å². The topological polar surface area (TPSA) is 58.6 Å². The highest BCUT2D eigenvalue weighted by Gasteiger charge is 2.31. The average Bonchev–Trinajstić information content (AvgIpc) is 2.87. The largest absolute Gasteiger partial charge is 0.482 e. The molecule has 0 fully saturated rings. The van der Waals surface area contributed by atoms with Gasteiger partial charge in [-0.1, -0.05) is 94.6 Å². The van der Waals surface area contributed by atoms with E-state index in [-0.39, 0.29) is 31.0 Å². The van der Waals surface area contributed by atoms with E-state index in [2.05, 4.69) is 21.2 Å². The summed E-state index contributed by atoms with van der Waals surface area (Å²) in [6.45, 7) is 6.03. The lowest BCUT2D eigenvalue weighted by molar-refractivity contribution is -0.143. The van der Waals surface area contributed by atoms with Gasteiger partial charge >= 0.3 is 0 Å². The van der Waals surface area contributed by atoms with E-state index >= 15 is 0 Å². The zero-order chi connectivity index (χ0) is 26.1. The number of hydrogen-bond donors (Lipinski definition) is 1. The third kappa shape index (κ3) is 8.10. The van der Waals surface area contributed by atoms with Crippen molar-refractivity contribution in [1.82, 2.24) is 10.2 Å². The Balaban J connectivity index is 1.91. The van der Waals surface area contributed by atoms with Crippen molar-refractivity contribution < 1.29 is 14.3 Å². The van der Waals surface area contributed by atoms with Crippen LogP contribution in [-0.4, -0.2) is 35.4 Å². The predicted octanol–water partition coefficient (Wildman–Crippen LogP) is 6.34. The van der Waals surface area contributed by atoms with Crippen LogP contribution >= 0.6 is 27.5 Å². The maximum atomic E-state index is 13.6. The molecule has 0 radical (unpaired) electrons. The highest BCUT2D eigenvalue weighted by molar-refractivity contribution is 9.10. The fourth-order valence-electron chi connectivity index (χ4n) is 3.70. The van der Waals surface area contributed by atoms with Crippen molar-refractivity contribution in [2.45, 2.75) is 52.2 Å². The van der Waals surface area contributed by atoms with Crippen LogP contribution in [-0.2, 0) is 22.6 Å². The molecule has 36 heavy (non-hydrogen) atoms. The minimum atomic E-state index is -0.709. The van der Waals surface area contributed by atoms with Gasteiger partial charge in [0.1, 0.15) is 11.8 Å². The number of rotatable bonds is 11. The smallest absolute Gasteiger partial charge is 0.261 e. The van der Waals surface area contributed by atoms with Crippen LogP contribution in [0.15, 0.2) is 77.3 Å². The molecule has 0 aliphatic carbocycles. The van der Waals surface area contributed by atoms with Crippen molar-refractivity contribution in [3.63, 3.8) is 0 Å². The molecule has 0 aliphatic heterocycles. The number of halogens is 2. The molecule has 3 rings (SSSR count). The Morgan fingerprint density at radius 1 is 1.03 bits per heavy atom. The molecule has 0 saturated carbocycles. The van der Waals surface area contributed by atoms with Crippen LogP contribution in [0.3, 0.4) is 0 Å². The first kappa shape index (κ1) is 27.8. The van der Waals surface area contributed by atoms with Crippen LogP contribution in [0.25, 0.3) is 0 Å². The Hall–Kier alpha value is -2.83. The zero-order valence-electron chi connectivity index (χ0n) is 20.8. The van der Waals surface area contributed by atoms with Crippen molar-refractivity contribution in [2.24, 2.45) is 0 Å². The molecule has 0 aliphatic rings. The van der Waals surface area contributed by atoms with Crippen LogP contribution in [0.5, 0.6) is 5.75 Å². The fraction of sp³-hybridized carbons (Fsp3) is 0.310. The van der Waals surface area contributed by atoms with Crippen molar-refractivity contribution in [3.8, 4) is 5.75 Å². The number of aryl methyl sites for hydroxylation is 1. The Morgan fingerprint density at radius 2 is 1.72 bits per heavy atom. The van der Waals surface area contributed by atoms with Crippen LogP contribution in [0.1, 0.15) is 37.0 Å². The first-order valence-electron chi connectivity index (χ1n) is 12.0. The van der Waals surface area contributed by atoms with Gasteiger partial charge in [0.15, 0.2) is 6.61 Å². The molecule has 0 saturated heterocycles. The number of nitrogens with one attached hydrogen (secondary N) is 1. The Morgan fingerprint density at radius 3 is 2.36 bits per heavy atom. The van der Waals surface area contributed by atoms with E-state index < -0.39 is 6.04 Å². The lowest BCUT2D eigenvalue weighted by Gasteiger charge is -2.32. The molecule has 7 heteroatoms. The highest BCUT2D eigenvalue weighted by Crippen LogP contribution is 2.28. The van der Waals surface area contributed by atoms with Gasteiger partial charge in [-0.3, -0.25) is 9.59 Å². The number of hydrogen-bond acceptors (Lipinski definition) is 3. The molecular formula is C29H32BrClN2O3. The lowest BCUT2D eigenvalue weighted by atomic mass is 10.0. The van der Waals surface area contributed by atoms with Gasteiger partial charge < -0.3 is 15.0 Å². The average molecular weight is 572 g/mol. The summed E-state index contributed by atoms with van der Waals surface area (Å²) in [5.41, 5.74) is 3.03. The SMILES string of the molecule is CC[C@H](C)NC(=O)[C@@H](Cc1ccccc1)N(Cc1ccc(C)cc1)C(=O)COc1ccc(Br)cc1Cl. The molecule has 2 atom stereocenters. The van der Waals surface area contributed by atoms with Crippen molar-refractivity contribution in [1.29, 1.82) is 0 Å². The molecule has 3 aromatic carbocycles. The molecule has 0 unspecified atom stereocenters. The van der Waals surface area contributed by atoms with E-state index in [1.54, 1.807) is 23.1 Å². The minimum absolute atomic E-state index is 0.00933. The molecule has 5 nitrogen and oxygen atoms in total. The monoisotopic (exact) mass is 570 g/mol. The Bertz CT molecular complexity index is 1150. The van der Waals surface area contributed by atoms with Crippen molar-refractivity contribution in [2.75, 3.05) is 6.61 Å². The van der Waals surface area contributed by atoms with Crippen LogP contribution in [0, 0.1) is 6.92 Å². The summed E-state index contributed by atoms with van der Waals surface area (Å²) in [7, 11) is 0. The van der Waals surface area contributed by atoms with E-state index in [1.807, 2.05) is 75.4 Å². The zero-order valence-corrected chi connectivity index (χ0v) is 23.2. The first-order valence-corrected chi connectivity index (χ1v) is 13.2. The quantitative estimate of drug-likeness (QED) is 0.292. The van der Waals surface area contributed by atoms with E-state index in [1.165, 1.54) is 0 Å². The third-order valence-corrected chi connectivity index (χ3v) is 6.78. The highest BCUT2D eigenvalue weighted by atomic mass is 79.9. The number of ether oxygens (including phenoxy) is 1. The van der Waals surface area contributed by atoms with Crippen molar-refractivity contribution in [3.05, 3.63) is 99.0 Å². The molecule has 0 spiro atoms. The van der Waals surface area contributed by atoms with E-state index in [0.29, 0.717) is 17.2 Å². The second-order valence-corrected chi connectivity index (χ2v) is 10.2. The molecule has 190 valence electrons. The normalized spacial score (nSPS) is 12.5. The van der Waals surface area contributed by atoms with Gasteiger partial charge in [-0.15, -0.1) is 0 Å². The molecular weight excluding hydrogens is 540 g/mol. The van der Waals surface area contributed by atoms with Gasteiger partial charge in [-0.2, -0.15) is 0 Å². The lowest BCUT2D eigenvalue weighted by Crippen LogP contribution is -2.53. The van der Waals surface area contributed by atoms with Gasteiger partial charge in [-0.05, 0) is 49.6 Å². The maximum absolute atomic E-state index is 13.6. The van der Waals surface area contributed by atoms with Gasteiger partial charge in [0, 0.05) is 23.5 Å². The number of nitrogens with zero attached hydrogens (tertiary/aromatic N) is 1. The summed E-state index contributed by atoms with van der Waals surface area (Å²) in [6, 6.07) is 22.2. The van der Waals surface area contributed by atoms with Gasteiger partial charge in [0.25, 0.3) is 5.91 Å². The second kappa shape index (κ2) is 13.5. The van der Waals surface area contributed by atoms with Gasteiger partial charge in [0.05, 0.1) is 5.02 Å². The summed E-state index contributed by atoms with van der Waals surface area (Å²) in [6.07, 6.45) is 1.18. The van der Waals surface area contributed by atoms with E-state index in [0.717, 1.165) is 27.6 Å². The summed E-state index contributed by atoms with van der Waals surface area (Å²) in [5, 5.41) is 3.47.